The number of benzene rings is 1. The van der Waals surface area contributed by atoms with Crippen LogP contribution >= 0.6 is 11.6 Å². The molecule has 1 nitrogen and oxygen atoms in total. The first-order chi connectivity index (χ1) is 8.49. The number of halogens is 1. The third-order valence-electron chi connectivity index (χ3n) is 3.67. The molecule has 2 unspecified atom stereocenters. The quantitative estimate of drug-likeness (QED) is 0.731. The van der Waals surface area contributed by atoms with Crippen molar-refractivity contribution in [3.63, 3.8) is 0 Å². The maximum absolute atomic E-state index is 6.27. The zero-order valence-electron chi connectivity index (χ0n) is 11.6. The highest BCUT2D eigenvalue weighted by molar-refractivity contribution is 6.20. The predicted molar refractivity (Wildman–Crippen MR) is 77.2 cm³/mol. The average molecular weight is 267 g/mol. The first-order valence-corrected chi connectivity index (χ1v) is 7.31. The molecule has 0 spiro atoms. The molecule has 1 saturated heterocycles. The van der Waals surface area contributed by atoms with E-state index >= 15 is 0 Å². The van der Waals surface area contributed by atoms with Crippen molar-refractivity contribution in [2.75, 3.05) is 6.61 Å². The van der Waals surface area contributed by atoms with Crippen LogP contribution in [0.2, 0.25) is 0 Å². The molecule has 0 aliphatic carbocycles. The molecule has 1 heterocycles. The van der Waals surface area contributed by atoms with Crippen LogP contribution in [0.15, 0.2) is 24.3 Å². The van der Waals surface area contributed by atoms with Gasteiger partial charge in [0.05, 0.1) is 5.60 Å². The molecular formula is C16H23ClO. The van der Waals surface area contributed by atoms with E-state index < -0.39 is 0 Å². The largest absolute Gasteiger partial charge is 0.370 e. The summed E-state index contributed by atoms with van der Waals surface area (Å²) < 4.78 is 5.96. The van der Waals surface area contributed by atoms with E-state index in [0.717, 1.165) is 25.9 Å². The van der Waals surface area contributed by atoms with Gasteiger partial charge in [-0.2, -0.15) is 0 Å². The highest BCUT2D eigenvalue weighted by atomic mass is 35.5. The van der Waals surface area contributed by atoms with E-state index in [9.17, 15) is 0 Å². The lowest BCUT2D eigenvalue weighted by atomic mass is 9.87. The number of ether oxygens (including phenoxy) is 1. The van der Waals surface area contributed by atoms with E-state index in [2.05, 4.69) is 45.0 Å². The Kier molecular flexibility index (Phi) is 4.34. The van der Waals surface area contributed by atoms with Crippen molar-refractivity contribution < 1.29 is 4.74 Å². The van der Waals surface area contributed by atoms with Crippen LogP contribution in [0.3, 0.4) is 0 Å². The Balaban J connectivity index is 2.13. The molecule has 0 radical (unpaired) electrons. The van der Waals surface area contributed by atoms with E-state index in [1.54, 1.807) is 0 Å². The van der Waals surface area contributed by atoms with Crippen molar-refractivity contribution in [1.29, 1.82) is 0 Å². The van der Waals surface area contributed by atoms with Crippen LogP contribution < -0.4 is 0 Å². The van der Waals surface area contributed by atoms with Crippen LogP contribution in [0.4, 0.5) is 0 Å². The minimum atomic E-state index is -0.207. The summed E-state index contributed by atoms with van der Waals surface area (Å²) in [7, 11) is 0. The zero-order chi connectivity index (χ0) is 13.2. The summed E-state index contributed by atoms with van der Waals surface area (Å²) in [5.74, 6) is 0.699. The predicted octanol–water partition coefficient (Wildman–Crippen LogP) is 4.52. The fraction of sp³-hybridized carbons (Fsp3) is 0.625. The minimum absolute atomic E-state index is 0.207. The summed E-state index contributed by atoms with van der Waals surface area (Å²) in [4.78, 5) is 0. The molecule has 1 aromatic rings. The Morgan fingerprint density at radius 1 is 1.33 bits per heavy atom. The summed E-state index contributed by atoms with van der Waals surface area (Å²) in [6.45, 7) is 7.41. The van der Waals surface area contributed by atoms with Crippen LogP contribution in [0.25, 0.3) is 0 Å². The molecule has 1 aliphatic rings. The third-order valence-corrected chi connectivity index (χ3v) is 4.04. The number of rotatable bonds is 3. The minimum Gasteiger partial charge on any atom is -0.370 e. The monoisotopic (exact) mass is 266 g/mol. The zero-order valence-corrected chi connectivity index (χ0v) is 12.3. The first-order valence-electron chi connectivity index (χ1n) is 6.87. The molecule has 18 heavy (non-hydrogen) atoms. The number of alkyl halides is 1. The molecule has 1 aromatic carbocycles. The fourth-order valence-corrected chi connectivity index (χ4v) is 3.05. The number of hydrogen-bond acceptors (Lipinski definition) is 1. The van der Waals surface area contributed by atoms with Gasteiger partial charge in [-0.1, -0.05) is 38.1 Å². The van der Waals surface area contributed by atoms with Gasteiger partial charge < -0.3 is 4.74 Å². The van der Waals surface area contributed by atoms with Gasteiger partial charge in [0.2, 0.25) is 0 Å². The Hall–Kier alpha value is -0.530. The van der Waals surface area contributed by atoms with Crippen LogP contribution in [-0.4, -0.2) is 12.0 Å². The van der Waals surface area contributed by atoms with Gasteiger partial charge in [0, 0.05) is 12.0 Å². The molecule has 2 heteroatoms. The topological polar surface area (TPSA) is 9.23 Å². The second kappa shape index (κ2) is 5.63. The summed E-state index contributed by atoms with van der Waals surface area (Å²) in [6, 6.07) is 8.85. The molecule has 0 aromatic heterocycles. The maximum Gasteiger partial charge on any atom is 0.0917 e. The van der Waals surface area contributed by atoms with Gasteiger partial charge >= 0.3 is 0 Å². The van der Waals surface area contributed by atoms with Crippen LogP contribution in [-0.2, 0) is 16.8 Å². The molecule has 2 atom stereocenters. The Labute approximate surface area is 115 Å². The molecule has 100 valence electrons. The summed E-state index contributed by atoms with van der Waals surface area (Å²) in [6.07, 6.45) is 3.00. The van der Waals surface area contributed by atoms with Crippen molar-refractivity contribution in [2.45, 2.75) is 51.0 Å². The van der Waals surface area contributed by atoms with Crippen LogP contribution in [0.5, 0.6) is 0 Å². The van der Waals surface area contributed by atoms with E-state index in [0.29, 0.717) is 5.92 Å². The standard InChI is InChI=1S/C16H23ClO/c1-12(2)10-13-4-6-14(7-5-13)16(3)11-15(17)8-9-18-16/h4-7,12,15H,8-11H2,1-3H3. The summed E-state index contributed by atoms with van der Waals surface area (Å²) in [5, 5.41) is 0.235. The smallest absolute Gasteiger partial charge is 0.0917 e. The molecule has 1 aliphatic heterocycles. The van der Waals surface area contributed by atoms with Crippen LogP contribution in [0, 0.1) is 5.92 Å². The van der Waals surface area contributed by atoms with Crippen molar-refractivity contribution in [1.82, 2.24) is 0 Å². The van der Waals surface area contributed by atoms with Gasteiger partial charge in [-0.05, 0) is 43.2 Å². The molecular weight excluding hydrogens is 244 g/mol. The van der Waals surface area contributed by atoms with Gasteiger partial charge in [0.1, 0.15) is 0 Å². The number of hydrogen-bond donors (Lipinski definition) is 0. The maximum atomic E-state index is 6.27. The van der Waals surface area contributed by atoms with Gasteiger partial charge in [-0.25, -0.2) is 0 Å². The SMILES string of the molecule is CC(C)Cc1ccc(C2(C)CC(Cl)CCO2)cc1. The third kappa shape index (κ3) is 3.27. The van der Waals surface area contributed by atoms with E-state index in [1.807, 2.05) is 0 Å². The van der Waals surface area contributed by atoms with Gasteiger partial charge in [0.25, 0.3) is 0 Å². The van der Waals surface area contributed by atoms with Crippen molar-refractivity contribution in [3.8, 4) is 0 Å². The molecule has 0 amide bonds. The Morgan fingerprint density at radius 2 is 2.00 bits per heavy atom. The second-order valence-electron chi connectivity index (χ2n) is 5.96. The van der Waals surface area contributed by atoms with Crippen molar-refractivity contribution in [2.24, 2.45) is 5.92 Å². The molecule has 0 N–H and O–H groups in total. The lowest BCUT2D eigenvalue weighted by Crippen LogP contribution is -2.35. The highest BCUT2D eigenvalue weighted by Gasteiger charge is 2.33. The van der Waals surface area contributed by atoms with Gasteiger partial charge in [-0.15, -0.1) is 11.6 Å². The summed E-state index contributed by atoms with van der Waals surface area (Å²) in [5.41, 5.74) is 2.44. The lowest BCUT2D eigenvalue weighted by Gasteiger charge is -2.36. The van der Waals surface area contributed by atoms with Gasteiger partial charge in [0.15, 0.2) is 0 Å². The van der Waals surface area contributed by atoms with Crippen molar-refractivity contribution >= 4 is 11.6 Å². The first kappa shape index (κ1) is 13.9. The average Bonchev–Trinajstić information content (AvgIpc) is 2.28. The Bertz CT molecular complexity index is 385. The Morgan fingerprint density at radius 3 is 2.56 bits per heavy atom. The normalized spacial score (nSPS) is 28.6. The van der Waals surface area contributed by atoms with E-state index in [4.69, 9.17) is 16.3 Å². The van der Waals surface area contributed by atoms with E-state index in [-0.39, 0.29) is 11.0 Å². The summed E-state index contributed by atoms with van der Waals surface area (Å²) >= 11 is 6.27. The molecule has 1 fully saturated rings. The fourth-order valence-electron chi connectivity index (χ4n) is 2.66. The molecule has 0 saturated carbocycles. The van der Waals surface area contributed by atoms with E-state index in [1.165, 1.54) is 11.1 Å². The molecule has 0 bridgehead atoms. The highest BCUT2D eigenvalue weighted by Crippen LogP contribution is 2.36. The van der Waals surface area contributed by atoms with Gasteiger partial charge in [-0.3, -0.25) is 0 Å². The molecule has 2 rings (SSSR count). The van der Waals surface area contributed by atoms with Crippen LogP contribution in [0.1, 0.15) is 44.7 Å². The lowest BCUT2D eigenvalue weighted by molar-refractivity contribution is -0.0684. The second-order valence-corrected chi connectivity index (χ2v) is 6.58. The van der Waals surface area contributed by atoms with Crippen molar-refractivity contribution in [3.05, 3.63) is 35.4 Å².